The van der Waals surface area contributed by atoms with E-state index in [0.29, 0.717) is 49.4 Å². The van der Waals surface area contributed by atoms with Gasteiger partial charge in [0.1, 0.15) is 29.2 Å². The normalized spacial score (nSPS) is 17.7. The molecular formula is C28H30F3N3O4. The van der Waals surface area contributed by atoms with E-state index in [4.69, 9.17) is 9.47 Å². The van der Waals surface area contributed by atoms with Crippen LogP contribution in [0.25, 0.3) is 17.0 Å². The summed E-state index contributed by atoms with van der Waals surface area (Å²) in [7, 11) is 2.82. The smallest absolute Gasteiger partial charge is 0.324 e. The maximum atomic E-state index is 14.8. The number of hydrogen-bond donors (Lipinski definition) is 1. The van der Waals surface area contributed by atoms with Crippen LogP contribution in [0.4, 0.5) is 13.2 Å². The molecule has 1 N–H and O–H groups in total. The Labute approximate surface area is 219 Å². The van der Waals surface area contributed by atoms with Gasteiger partial charge in [0.15, 0.2) is 0 Å². The Morgan fingerprint density at radius 2 is 1.97 bits per heavy atom. The van der Waals surface area contributed by atoms with Crippen LogP contribution in [0.2, 0.25) is 0 Å². The van der Waals surface area contributed by atoms with E-state index in [1.54, 1.807) is 24.3 Å². The molecule has 1 aliphatic heterocycles. The van der Waals surface area contributed by atoms with Gasteiger partial charge in [-0.3, -0.25) is 19.6 Å². The van der Waals surface area contributed by atoms with Gasteiger partial charge in [0.25, 0.3) is 0 Å². The van der Waals surface area contributed by atoms with Gasteiger partial charge in [-0.25, -0.2) is 13.2 Å². The third-order valence-electron chi connectivity index (χ3n) is 6.76. The van der Waals surface area contributed by atoms with Crippen LogP contribution in [0.5, 0.6) is 5.75 Å². The fourth-order valence-corrected chi connectivity index (χ4v) is 4.71. The molecule has 1 saturated heterocycles. The summed E-state index contributed by atoms with van der Waals surface area (Å²) in [6.45, 7) is 2.20. The highest BCUT2D eigenvalue weighted by atomic mass is 19.1. The molecular weight excluding hydrogens is 499 g/mol. The second-order valence-corrected chi connectivity index (χ2v) is 9.11. The van der Waals surface area contributed by atoms with Crippen LogP contribution < -0.4 is 4.74 Å². The first-order valence-corrected chi connectivity index (χ1v) is 12.3. The summed E-state index contributed by atoms with van der Waals surface area (Å²) in [6.07, 6.45) is 3.37. The van der Waals surface area contributed by atoms with Crippen molar-refractivity contribution in [2.75, 3.05) is 46.9 Å². The molecule has 7 nitrogen and oxygen atoms in total. The average molecular weight is 530 g/mol. The first-order valence-electron chi connectivity index (χ1n) is 12.3. The summed E-state index contributed by atoms with van der Waals surface area (Å²) in [4.78, 5) is 20.6. The zero-order chi connectivity index (χ0) is 27.2. The van der Waals surface area contributed by atoms with Crippen LogP contribution in [0, 0.1) is 17.5 Å². The zero-order valence-corrected chi connectivity index (χ0v) is 21.2. The van der Waals surface area contributed by atoms with E-state index >= 15 is 0 Å². The van der Waals surface area contributed by atoms with Crippen molar-refractivity contribution in [2.45, 2.75) is 18.6 Å². The van der Waals surface area contributed by atoms with E-state index in [9.17, 15) is 23.1 Å². The maximum absolute atomic E-state index is 14.8. The largest absolute Gasteiger partial charge is 0.497 e. The minimum atomic E-state index is -1.13. The van der Waals surface area contributed by atoms with Crippen LogP contribution in [0.1, 0.15) is 23.7 Å². The van der Waals surface area contributed by atoms with Crippen molar-refractivity contribution >= 4 is 22.9 Å². The lowest BCUT2D eigenvalue weighted by Crippen LogP contribution is -2.56. The van der Waals surface area contributed by atoms with Gasteiger partial charge >= 0.3 is 5.97 Å². The Kier molecular flexibility index (Phi) is 8.98. The van der Waals surface area contributed by atoms with Gasteiger partial charge in [-0.05, 0) is 42.8 Å². The Morgan fingerprint density at radius 3 is 2.74 bits per heavy atom. The van der Waals surface area contributed by atoms with Crippen molar-refractivity contribution in [3.8, 4) is 5.75 Å². The molecule has 1 fully saturated rings. The zero-order valence-electron chi connectivity index (χ0n) is 21.2. The number of methoxy groups -OCH3 is 2. The number of halogens is 3. The Balaban J connectivity index is 1.42. The maximum Gasteiger partial charge on any atom is 0.324 e. The number of hydrogen-bond acceptors (Lipinski definition) is 7. The van der Waals surface area contributed by atoms with Crippen molar-refractivity contribution < 1.29 is 32.5 Å². The molecule has 0 saturated carbocycles. The highest BCUT2D eigenvalue weighted by Gasteiger charge is 2.33. The summed E-state index contributed by atoms with van der Waals surface area (Å²) in [5, 5.41) is 11.4. The molecule has 2 aromatic carbocycles. The number of ether oxygens (including phenoxy) is 2. The topological polar surface area (TPSA) is 75.1 Å². The van der Waals surface area contributed by atoms with Gasteiger partial charge in [0, 0.05) is 49.2 Å². The van der Waals surface area contributed by atoms with Gasteiger partial charge in [0.2, 0.25) is 0 Å². The molecule has 0 spiro atoms. The number of benzene rings is 2. The molecule has 1 aliphatic rings. The number of piperazine rings is 1. The van der Waals surface area contributed by atoms with Gasteiger partial charge in [-0.1, -0.05) is 12.2 Å². The molecule has 0 aliphatic carbocycles. The van der Waals surface area contributed by atoms with Crippen molar-refractivity contribution in [3.63, 3.8) is 0 Å². The first kappa shape index (κ1) is 27.6. The van der Waals surface area contributed by atoms with Crippen molar-refractivity contribution in [2.24, 2.45) is 0 Å². The van der Waals surface area contributed by atoms with Crippen LogP contribution in [0.15, 0.2) is 48.7 Å². The Bertz CT molecular complexity index is 1320. The predicted molar refractivity (Wildman–Crippen MR) is 137 cm³/mol. The van der Waals surface area contributed by atoms with Crippen molar-refractivity contribution in [1.29, 1.82) is 0 Å². The number of esters is 1. The van der Waals surface area contributed by atoms with E-state index < -0.39 is 35.6 Å². The van der Waals surface area contributed by atoms with E-state index in [2.05, 4.69) is 4.98 Å². The van der Waals surface area contributed by atoms with E-state index in [0.717, 1.165) is 24.4 Å². The quantitative estimate of drug-likeness (QED) is 0.421. The summed E-state index contributed by atoms with van der Waals surface area (Å²) >= 11 is 0. The molecule has 4 rings (SSSR count). The molecule has 2 atom stereocenters. The Hall–Kier alpha value is -3.47. The average Bonchev–Trinajstić information content (AvgIpc) is 2.93. The minimum absolute atomic E-state index is 0.136. The molecule has 2 unspecified atom stereocenters. The van der Waals surface area contributed by atoms with E-state index in [1.165, 1.54) is 20.3 Å². The molecule has 3 aromatic rings. The van der Waals surface area contributed by atoms with Crippen LogP contribution >= 0.6 is 0 Å². The lowest BCUT2D eigenvalue weighted by atomic mass is 10.00. The number of carbonyl (C=O) groups is 1. The minimum Gasteiger partial charge on any atom is -0.497 e. The predicted octanol–water partition coefficient (Wildman–Crippen LogP) is 3.96. The highest BCUT2D eigenvalue weighted by Crippen LogP contribution is 2.31. The standard InChI is InChI=1S/C28H30F3N3O4/c1-37-20-6-8-24-21(15-20)27(23(31)16-32-24)26(35)9-11-34-13-12-33(17-25(34)28(36)38-2)10-3-4-18-14-19(29)5-7-22(18)30/h3-8,14-16,25-26,35H,9-13,17H2,1-2H3/b4-3+. The number of pyridine rings is 1. The Morgan fingerprint density at radius 1 is 1.16 bits per heavy atom. The van der Waals surface area contributed by atoms with Crippen molar-refractivity contribution in [3.05, 3.63) is 77.2 Å². The summed E-state index contributed by atoms with van der Waals surface area (Å²) in [5.41, 5.74) is 0.820. The van der Waals surface area contributed by atoms with Gasteiger partial charge in [-0.2, -0.15) is 0 Å². The van der Waals surface area contributed by atoms with E-state index in [-0.39, 0.29) is 17.5 Å². The molecule has 2 heterocycles. The lowest BCUT2D eigenvalue weighted by Gasteiger charge is -2.39. The number of aliphatic hydroxyl groups is 1. The van der Waals surface area contributed by atoms with Crippen molar-refractivity contribution in [1.82, 2.24) is 14.8 Å². The molecule has 0 amide bonds. The second kappa shape index (κ2) is 12.4. The third kappa shape index (κ3) is 6.32. The third-order valence-corrected chi connectivity index (χ3v) is 6.76. The monoisotopic (exact) mass is 529 g/mol. The summed E-state index contributed by atoms with van der Waals surface area (Å²) in [5.74, 6) is -1.56. The van der Waals surface area contributed by atoms with Crippen LogP contribution in [0.3, 0.4) is 0 Å². The fourth-order valence-electron chi connectivity index (χ4n) is 4.71. The SMILES string of the molecule is COC(=O)C1CN(C/C=C/c2cc(F)ccc2F)CCN1CCC(O)c1c(F)cnc2ccc(OC)cc12. The molecule has 0 bridgehead atoms. The molecule has 0 radical (unpaired) electrons. The number of fused-ring (bicyclic) bond motifs is 1. The number of aromatic nitrogens is 1. The number of carbonyl (C=O) groups excluding carboxylic acids is 1. The molecule has 10 heteroatoms. The number of aliphatic hydroxyl groups excluding tert-OH is 1. The number of nitrogens with zero attached hydrogens (tertiary/aromatic N) is 3. The van der Waals surface area contributed by atoms with Gasteiger partial charge < -0.3 is 14.6 Å². The summed E-state index contributed by atoms with van der Waals surface area (Å²) < 4.78 is 52.3. The van der Waals surface area contributed by atoms with Crippen LogP contribution in [-0.2, 0) is 9.53 Å². The number of rotatable bonds is 9. The highest BCUT2D eigenvalue weighted by molar-refractivity contribution is 5.84. The fraction of sp³-hybridized carbons (Fsp3) is 0.357. The van der Waals surface area contributed by atoms with Gasteiger partial charge in [0.05, 0.1) is 32.0 Å². The second-order valence-electron chi connectivity index (χ2n) is 9.11. The lowest BCUT2D eigenvalue weighted by molar-refractivity contribution is -0.149. The van der Waals surface area contributed by atoms with E-state index in [1.807, 2.05) is 9.80 Å². The molecule has 202 valence electrons. The summed E-state index contributed by atoms with van der Waals surface area (Å²) in [6, 6.07) is 7.72. The molecule has 1 aromatic heterocycles. The van der Waals surface area contributed by atoms with Crippen LogP contribution in [-0.4, -0.2) is 78.8 Å². The molecule has 38 heavy (non-hydrogen) atoms. The first-order chi connectivity index (χ1) is 18.3. The van der Waals surface area contributed by atoms with Gasteiger partial charge in [-0.15, -0.1) is 0 Å².